The molecule has 0 N–H and O–H groups in total. The molecule has 0 fully saturated rings. The smallest absolute Gasteiger partial charge is 0.264 e. The highest BCUT2D eigenvalue weighted by atomic mass is 35.5. The average Bonchev–Trinajstić information content (AvgIpc) is 2.73. The van der Waals surface area contributed by atoms with Crippen molar-refractivity contribution in [3.63, 3.8) is 0 Å². The van der Waals surface area contributed by atoms with Crippen molar-refractivity contribution in [2.75, 3.05) is 4.31 Å². The van der Waals surface area contributed by atoms with Gasteiger partial charge in [-0.15, -0.1) is 0 Å². The van der Waals surface area contributed by atoms with Crippen LogP contribution in [0.2, 0.25) is 5.02 Å². The highest BCUT2D eigenvalue weighted by Crippen LogP contribution is 2.30. The van der Waals surface area contributed by atoms with Gasteiger partial charge in [0.2, 0.25) is 0 Å². The lowest BCUT2D eigenvalue weighted by molar-refractivity contribution is 0.591. The van der Waals surface area contributed by atoms with E-state index < -0.39 is 10.0 Å². The molecule has 29 heavy (non-hydrogen) atoms. The van der Waals surface area contributed by atoms with Gasteiger partial charge in [-0.1, -0.05) is 29.8 Å². The SMILES string of the molecule is Cc1cnc2c(S(=O)(=O)N(Cc3cccnc3)c3ccc(Cl)cc3)cccc2c1. The highest BCUT2D eigenvalue weighted by Gasteiger charge is 2.27. The molecule has 0 atom stereocenters. The first-order chi connectivity index (χ1) is 13.9. The summed E-state index contributed by atoms with van der Waals surface area (Å²) in [5.41, 5.74) is 2.71. The van der Waals surface area contributed by atoms with Gasteiger partial charge in [0.1, 0.15) is 4.90 Å². The van der Waals surface area contributed by atoms with Crippen LogP contribution in [0.1, 0.15) is 11.1 Å². The number of sulfonamides is 1. The molecule has 5 nitrogen and oxygen atoms in total. The molecule has 0 bridgehead atoms. The fourth-order valence-corrected chi connectivity index (χ4v) is 4.90. The highest BCUT2D eigenvalue weighted by molar-refractivity contribution is 7.93. The molecule has 0 aliphatic rings. The summed E-state index contributed by atoms with van der Waals surface area (Å²) in [7, 11) is -3.90. The van der Waals surface area contributed by atoms with Gasteiger partial charge in [-0.3, -0.25) is 14.3 Å². The predicted molar refractivity (Wildman–Crippen MR) is 116 cm³/mol. The number of anilines is 1. The first-order valence-electron chi connectivity index (χ1n) is 8.98. The van der Waals surface area contributed by atoms with E-state index in [2.05, 4.69) is 9.97 Å². The molecule has 2 aromatic carbocycles. The number of para-hydroxylation sites is 1. The summed E-state index contributed by atoms with van der Waals surface area (Å²) >= 11 is 6.01. The molecule has 4 aromatic rings. The Kier molecular flexibility index (Phi) is 5.22. The molecule has 0 saturated heterocycles. The summed E-state index contributed by atoms with van der Waals surface area (Å²) in [5, 5.41) is 1.32. The van der Waals surface area contributed by atoms with Gasteiger partial charge in [-0.05, 0) is 60.5 Å². The number of hydrogen-bond donors (Lipinski definition) is 0. The molecule has 4 rings (SSSR count). The van der Waals surface area contributed by atoms with E-state index in [1.54, 1.807) is 61.1 Å². The summed E-state index contributed by atoms with van der Waals surface area (Å²) in [4.78, 5) is 8.67. The fraction of sp³-hybridized carbons (Fsp3) is 0.0909. The summed E-state index contributed by atoms with van der Waals surface area (Å²) in [6.45, 7) is 2.07. The molecule has 146 valence electrons. The van der Waals surface area contributed by atoms with Crippen LogP contribution in [0, 0.1) is 6.92 Å². The number of aromatic nitrogens is 2. The third kappa shape index (κ3) is 3.95. The Morgan fingerprint density at radius 2 is 1.79 bits per heavy atom. The molecule has 0 spiro atoms. The summed E-state index contributed by atoms with van der Waals surface area (Å²) < 4.78 is 28.9. The molecule has 7 heteroatoms. The number of nitrogens with zero attached hydrogens (tertiary/aromatic N) is 3. The van der Waals surface area contributed by atoms with Crippen LogP contribution in [0.3, 0.4) is 0 Å². The molecule has 0 unspecified atom stereocenters. The van der Waals surface area contributed by atoms with Crippen LogP contribution in [0.15, 0.2) is 84.1 Å². The van der Waals surface area contributed by atoms with Gasteiger partial charge < -0.3 is 0 Å². The summed E-state index contributed by atoms with van der Waals surface area (Å²) in [5.74, 6) is 0. The van der Waals surface area contributed by atoms with Crippen LogP contribution >= 0.6 is 11.6 Å². The van der Waals surface area contributed by atoms with Crippen molar-refractivity contribution in [3.05, 3.63) is 95.4 Å². The number of fused-ring (bicyclic) bond motifs is 1. The van der Waals surface area contributed by atoms with E-state index in [4.69, 9.17) is 11.6 Å². The Hall–Kier alpha value is -2.96. The molecular weight excluding hydrogens is 406 g/mol. The van der Waals surface area contributed by atoms with Crippen LogP contribution in [0.4, 0.5) is 5.69 Å². The lowest BCUT2D eigenvalue weighted by Gasteiger charge is -2.25. The average molecular weight is 424 g/mol. The van der Waals surface area contributed by atoms with Crippen molar-refractivity contribution in [3.8, 4) is 0 Å². The van der Waals surface area contributed by atoms with Gasteiger partial charge in [0.15, 0.2) is 0 Å². The van der Waals surface area contributed by atoms with Crippen molar-refractivity contribution in [1.82, 2.24) is 9.97 Å². The first kappa shape index (κ1) is 19.4. The monoisotopic (exact) mass is 423 g/mol. The maximum absolute atomic E-state index is 13.8. The van der Waals surface area contributed by atoms with E-state index in [0.29, 0.717) is 16.2 Å². The van der Waals surface area contributed by atoms with Crippen LogP contribution in [-0.2, 0) is 16.6 Å². The Morgan fingerprint density at radius 3 is 2.52 bits per heavy atom. The van der Waals surface area contributed by atoms with Gasteiger partial charge in [0.05, 0.1) is 17.7 Å². The minimum atomic E-state index is -3.90. The molecule has 0 radical (unpaired) electrons. The number of pyridine rings is 2. The van der Waals surface area contributed by atoms with Gasteiger partial charge in [-0.25, -0.2) is 8.42 Å². The largest absolute Gasteiger partial charge is 0.266 e. The fourth-order valence-electron chi connectivity index (χ4n) is 3.15. The van der Waals surface area contributed by atoms with Crippen molar-refractivity contribution >= 4 is 38.2 Å². The Bertz CT molecular complexity index is 1260. The number of benzene rings is 2. The normalized spacial score (nSPS) is 11.5. The van der Waals surface area contributed by atoms with E-state index >= 15 is 0 Å². The van der Waals surface area contributed by atoms with Crippen molar-refractivity contribution < 1.29 is 8.42 Å². The Balaban J connectivity index is 1.88. The molecule has 2 heterocycles. The van der Waals surface area contributed by atoms with E-state index in [-0.39, 0.29) is 11.4 Å². The molecule has 0 amide bonds. The van der Waals surface area contributed by atoms with E-state index in [0.717, 1.165) is 16.5 Å². The molecule has 0 aliphatic carbocycles. The lowest BCUT2D eigenvalue weighted by atomic mass is 10.2. The van der Waals surface area contributed by atoms with Gasteiger partial charge >= 0.3 is 0 Å². The van der Waals surface area contributed by atoms with Crippen LogP contribution in [0.5, 0.6) is 0 Å². The molecule has 0 aliphatic heterocycles. The number of rotatable bonds is 5. The number of hydrogen-bond acceptors (Lipinski definition) is 4. The Labute approximate surface area is 174 Å². The van der Waals surface area contributed by atoms with Crippen LogP contribution in [0.25, 0.3) is 10.9 Å². The van der Waals surface area contributed by atoms with Crippen molar-refractivity contribution in [1.29, 1.82) is 0 Å². The lowest BCUT2D eigenvalue weighted by Crippen LogP contribution is -2.31. The maximum Gasteiger partial charge on any atom is 0.266 e. The minimum Gasteiger partial charge on any atom is -0.264 e. The van der Waals surface area contributed by atoms with Gasteiger partial charge in [-0.2, -0.15) is 0 Å². The third-order valence-corrected chi connectivity index (χ3v) is 6.60. The topological polar surface area (TPSA) is 63.2 Å². The second kappa shape index (κ2) is 7.81. The van der Waals surface area contributed by atoms with Gasteiger partial charge in [0, 0.05) is 29.0 Å². The number of halogens is 1. The third-order valence-electron chi connectivity index (χ3n) is 4.54. The zero-order valence-corrected chi connectivity index (χ0v) is 17.2. The van der Waals surface area contributed by atoms with Crippen LogP contribution < -0.4 is 4.31 Å². The quantitative estimate of drug-likeness (QED) is 0.453. The molecule has 2 aromatic heterocycles. The maximum atomic E-state index is 13.8. The van der Waals surface area contributed by atoms with E-state index in [1.165, 1.54) is 4.31 Å². The second-order valence-corrected chi connectivity index (χ2v) is 8.96. The standard InChI is InChI=1S/C22H18ClN3O2S/c1-16-12-18-5-2-6-21(22(18)25-13-16)29(27,28)26(15-17-4-3-11-24-14-17)20-9-7-19(23)8-10-20/h2-14H,15H2,1H3. The van der Waals surface area contributed by atoms with Crippen LogP contribution in [-0.4, -0.2) is 18.4 Å². The van der Waals surface area contributed by atoms with Gasteiger partial charge in [0.25, 0.3) is 10.0 Å². The zero-order valence-electron chi connectivity index (χ0n) is 15.7. The van der Waals surface area contributed by atoms with E-state index in [1.807, 2.05) is 25.1 Å². The van der Waals surface area contributed by atoms with E-state index in [9.17, 15) is 8.42 Å². The first-order valence-corrected chi connectivity index (χ1v) is 10.8. The Morgan fingerprint density at radius 1 is 1.00 bits per heavy atom. The second-order valence-electron chi connectivity index (χ2n) is 6.69. The zero-order chi connectivity index (χ0) is 20.4. The van der Waals surface area contributed by atoms with Crippen molar-refractivity contribution in [2.24, 2.45) is 0 Å². The predicted octanol–water partition coefficient (Wildman–Crippen LogP) is 4.99. The summed E-state index contributed by atoms with van der Waals surface area (Å²) in [6.07, 6.45) is 4.99. The molecular formula is C22H18ClN3O2S. The summed E-state index contributed by atoms with van der Waals surface area (Å²) in [6, 6.07) is 17.5. The minimum absolute atomic E-state index is 0.139. The van der Waals surface area contributed by atoms with Crippen molar-refractivity contribution in [2.45, 2.75) is 18.4 Å². The number of aryl methyl sites for hydroxylation is 1. The molecule has 0 saturated carbocycles.